The third-order valence-electron chi connectivity index (χ3n) is 6.43. The largest absolute Gasteiger partial charge is 0.490 e. The van der Waals surface area contributed by atoms with Crippen LogP contribution in [0.5, 0.6) is 5.75 Å². The normalized spacial score (nSPS) is 25.5. The number of para-hydroxylation sites is 1. The molecule has 2 heterocycles. The van der Waals surface area contributed by atoms with Gasteiger partial charge in [-0.25, -0.2) is 0 Å². The van der Waals surface area contributed by atoms with Crippen LogP contribution in [-0.4, -0.2) is 61.2 Å². The molecule has 1 aliphatic carbocycles. The first-order valence-electron chi connectivity index (χ1n) is 10.3. The summed E-state index contributed by atoms with van der Waals surface area (Å²) >= 11 is 0. The molecule has 1 unspecified atom stereocenters. The van der Waals surface area contributed by atoms with Gasteiger partial charge in [-0.1, -0.05) is 24.6 Å². The highest BCUT2D eigenvalue weighted by Gasteiger charge is 2.30. The fourth-order valence-corrected chi connectivity index (χ4v) is 4.49. The number of rotatable bonds is 5. The summed E-state index contributed by atoms with van der Waals surface area (Å²) in [6, 6.07) is 10.00. The molecule has 4 rings (SSSR count). The first kappa shape index (κ1) is 17.3. The van der Waals surface area contributed by atoms with Crippen molar-refractivity contribution in [2.45, 2.75) is 57.2 Å². The van der Waals surface area contributed by atoms with Crippen molar-refractivity contribution in [2.24, 2.45) is 0 Å². The van der Waals surface area contributed by atoms with Gasteiger partial charge >= 0.3 is 0 Å². The SMILES string of the molecule is CC(c1ccccc1OC1CCN(C2CCC2)CC1)N1CCNCC1. The molecular formula is C21H33N3O. The van der Waals surface area contributed by atoms with E-state index in [1.807, 2.05) is 0 Å². The molecule has 2 aliphatic heterocycles. The summed E-state index contributed by atoms with van der Waals surface area (Å²) in [5, 5.41) is 3.45. The van der Waals surface area contributed by atoms with E-state index in [9.17, 15) is 0 Å². The van der Waals surface area contributed by atoms with E-state index in [-0.39, 0.29) is 0 Å². The van der Waals surface area contributed by atoms with Crippen LogP contribution in [0.25, 0.3) is 0 Å². The van der Waals surface area contributed by atoms with Gasteiger partial charge in [-0.3, -0.25) is 4.90 Å². The zero-order valence-corrected chi connectivity index (χ0v) is 15.6. The Kier molecular flexibility index (Phi) is 5.59. The average Bonchev–Trinajstić information content (AvgIpc) is 2.62. The summed E-state index contributed by atoms with van der Waals surface area (Å²) in [5.74, 6) is 1.11. The lowest BCUT2D eigenvalue weighted by Crippen LogP contribution is -2.47. The Bertz CT molecular complexity index is 546. The smallest absolute Gasteiger partial charge is 0.124 e. The molecule has 2 saturated heterocycles. The van der Waals surface area contributed by atoms with Crippen LogP contribution in [-0.2, 0) is 0 Å². The number of likely N-dealkylation sites (tertiary alicyclic amines) is 1. The highest BCUT2D eigenvalue weighted by Crippen LogP contribution is 2.32. The second-order valence-electron chi connectivity index (χ2n) is 7.94. The zero-order chi connectivity index (χ0) is 17.1. The van der Waals surface area contributed by atoms with Gasteiger partial charge in [0.05, 0.1) is 0 Å². The summed E-state index contributed by atoms with van der Waals surface area (Å²) in [4.78, 5) is 5.26. The summed E-state index contributed by atoms with van der Waals surface area (Å²) in [6.45, 7) is 9.17. The Balaban J connectivity index is 1.37. The minimum absolute atomic E-state index is 0.382. The fourth-order valence-electron chi connectivity index (χ4n) is 4.49. The number of benzene rings is 1. The molecule has 0 amide bonds. The highest BCUT2D eigenvalue weighted by atomic mass is 16.5. The minimum atomic E-state index is 0.382. The summed E-state index contributed by atoms with van der Waals surface area (Å²) in [7, 11) is 0. The Morgan fingerprint density at radius 2 is 1.72 bits per heavy atom. The van der Waals surface area contributed by atoms with Crippen molar-refractivity contribution >= 4 is 0 Å². The number of hydrogen-bond acceptors (Lipinski definition) is 4. The van der Waals surface area contributed by atoms with Gasteiger partial charge in [0.2, 0.25) is 0 Å². The van der Waals surface area contributed by atoms with Crippen LogP contribution >= 0.6 is 0 Å². The van der Waals surface area contributed by atoms with Crippen molar-refractivity contribution in [2.75, 3.05) is 39.3 Å². The Morgan fingerprint density at radius 1 is 1.00 bits per heavy atom. The lowest BCUT2D eigenvalue weighted by Gasteiger charge is -2.42. The van der Waals surface area contributed by atoms with Crippen LogP contribution in [0.2, 0.25) is 0 Å². The van der Waals surface area contributed by atoms with E-state index in [1.165, 1.54) is 50.8 Å². The van der Waals surface area contributed by atoms with Gasteiger partial charge in [0.15, 0.2) is 0 Å². The third kappa shape index (κ3) is 4.02. The highest BCUT2D eigenvalue weighted by molar-refractivity contribution is 5.36. The monoisotopic (exact) mass is 343 g/mol. The van der Waals surface area contributed by atoms with E-state index in [2.05, 4.69) is 46.3 Å². The van der Waals surface area contributed by atoms with Gasteiger partial charge < -0.3 is 15.0 Å². The molecule has 4 nitrogen and oxygen atoms in total. The number of hydrogen-bond donors (Lipinski definition) is 1. The molecule has 0 bridgehead atoms. The second kappa shape index (κ2) is 8.07. The van der Waals surface area contributed by atoms with E-state index in [0.29, 0.717) is 12.1 Å². The molecule has 1 aromatic carbocycles. The summed E-state index contributed by atoms with van der Waals surface area (Å²) < 4.78 is 6.51. The molecule has 0 radical (unpaired) electrons. The molecule has 1 atom stereocenters. The average molecular weight is 344 g/mol. The lowest BCUT2D eigenvalue weighted by molar-refractivity contribution is 0.0481. The molecule has 25 heavy (non-hydrogen) atoms. The third-order valence-corrected chi connectivity index (χ3v) is 6.43. The molecule has 1 saturated carbocycles. The van der Waals surface area contributed by atoms with Crippen molar-refractivity contribution in [1.82, 2.24) is 15.1 Å². The number of nitrogens with zero attached hydrogens (tertiary/aromatic N) is 2. The maximum atomic E-state index is 6.51. The van der Waals surface area contributed by atoms with Crippen LogP contribution in [0.4, 0.5) is 0 Å². The first-order chi connectivity index (χ1) is 12.3. The standard InChI is InChI=1S/C21H33N3O/c1-17(23-15-11-22-12-16-23)20-7-2-3-8-21(20)25-19-9-13-24(14-10-19)18-5-4-6-18/h2-3,7-8,17-19,22H,4-6,9-16H2,1H3. The lowest BCUT2D eigenvalue weighted by atomic mass is 9.89. The Hall–Kier alpha value is -1.10. The number of piperidine rings is 1. The van der Waals surface area contributed by atoms with Crippen molar-refractivity contribution in [3.8, 4) is 5.75 Å². The molecule has 3 aliphatic rings. The molecule has 1 N–H and O–H groups in total. The van der Waals surface area contributed by atoms with Gasteiger partial charge in [-0.2, -0.15) is 0 Å². The first-order valence-corrected chi connectivity index (χ1v) is 10.3. The van der Waals surface area contributed by atoms with Gasteiger partial charge in [-0.05, 0) is 38.7 Å². The van der Waals surface area contributed by atoms with E-state index >= 15 is 0 Å². The Labute approximate surface area is 152 Å². The van der Waals surface area contributed by atoms with E-state index in [1.54, 1.807) is 0 Å². The molecule has 1 aromatic rings. The predicted molar refractivity (Wildman–Crippen MR) is 102 cm³/mol. The maximum Gasteiger partial charge on any atom is 0.124 e. The topological polar surface area (TPSA) is 27.7 Å². The van der Waals surface area contributed by atoms with Gasteiger partial charge in [0.25, 0.3) is 0 Å². The molecule has 0 aromatic heterocycles. The van der Waals surface area contributed by atoms with Crippen molar-refractivity contribution < 1.29 is 4.74 Å². The van der Waals surface area contributed by atoms with Gasteiger partial charge in [0.1, 0.15) is 11.9 Å². The molecule has 4 heteroatoms. The molecule has 138 valence electrons. The minimum Gasteiger partial charge on any atom is -0.490 e. The van der Waals surface area contributed by atoms with Crippen LogP contribution in [0, 0.1) is 0 Å². The second-order valence-corrected chi connectivity index (χ2v) is 7.94. The van der Waals surface area contributed by atoms with Crippen LogP contribution in [0.3, 0.4) is 0 Å². The maximum absolute atomic E-state index is 6.51. The molecule has 0 spiro atoms. The Morgan fingerprint density at radius 3 is 2.40 bits per heavy atom. The van der Waals surface area contributed by atoms with Crippen LogP contribution < -0.4 is 10.1 Å². The summed E-state index contributed by atoms with van der Waals surface area (Å²) in [5.41, 5.74) is 1.35. The van der Waals surface area contributed by atoms with E-state index in [4.69, 9.17) is 4.74 Å². The molecule has 3 fully saturated rings. The summed E-state index contributed by atoms with van der Waals surface area (Å²) in [6.07, 6.45) is 6.98. The van der Waals surface area contributed by atoms with Crippen molar-refractivity contribution in [3.63, 3.8) is 0 Å². The van der Waals surface area contributed by atoms with Crippen molar-refractivity contribution in [3.05, 3.63) is 29.8 Å². The fraction of sp³-hybridized carbons (Fsp3) is 0.714. The number of ether oxygens (including phenoxy) is 1. The number of nitrogens with one attached hydrogen (secondary N) is 1. The quantitative estimate of drug-likeness (QED) is 0.889. The van der Waals surface area contributed by atoms with Gasteiger partial charge in [0, 0.05) is 56.9 Å². The number of piperazine rings is 1. The van der Waals surface area contributed by atoms with E-state index < -0.39 is 0 Å². The molecular weight excluding hydrogens is 310 g/mol. The van der Waals surface area contributed by atoms with Crippen molar-refractivity contribution in [1.29, 1.82) is 0 Å². The predicted octanol–water partition coefficient (Wildman–Crippen LogP) is 3.05. The van der Waals surface area contributed by atoms with Crippen LogP contribution in [0.1, 0.15) is 50.6 Å². The van der Waals surface area contributed by atoms with E-state index in [0.717, 1.165) is 38.0 Å². The zero-order valence-electron chi connectivity index (χ0n) is 15.6. The van der Waals surface area contributed by atoms with Gasteiger partial charge in [-0.15, -0.1) is 0 Å². The van der Waals surface area contributed by atoms with Crippen LogP contribution in [0.15, 0.2) is 24.3 Å².